The van der Waals surface area contributed by atoms with Gasteiger partial charge in [-0.2, -0.15) is 0 Å². The highest BCUT2D eigenvalue weighted by Gasteiger charge is 2.45. The zero-order valence-electron chi connectivity index (χ0n) is 35.5. The first-order valence-electron chi connectivity index (χ1n) is 20.4. The number of methoxy groups -OCH3 is 2. The lowest BCUT2D eigenvalue weighted by Gasteiger charge is -2.33. The van der Waals surface area contributed by atoms with E-state index in [1.807, 2.05) is 13.0 Å². The molecular weight excluding hydrogens is 778 g/mol. The summed E-state index contributed by atoms with van der Waals surface area (Å²) < 4.78 is 32.9. The zero-order valence-corrected chi connectivity index (χ0v) is 35.5. The van der Waals surface area contributed by atoms with Crippen LogP contribution in [0, 0.1) is 11.8 Å². The van der Waals surface area contributed by atoms with Gasteiger partial charge in [0.05, 0.1) is 13.7 Å². The number of carbonyl (C=O) groups is 7. The Morgan fingerprint density at radius 3 is 2.35 bits per heavy atom. The Kier molecular flexibility index (Phi) is 13.2. The predicted molar refractivity (Wildman–Crippen MR) is 214 cm³/mol. The lowest BCUT2D eigenvalue weighted by Crippen LogP contribution is -2.56. The molecule has 2 aromatic carbocycles. The van der Waals surface area contributed by atoms with Gasteiger partial charge in [-0.05, 0) is 101 Å². The van der Waals surface area contributed by atoms with E-state index < -0.39 is 72.3 Å². The fraction of sp³-hybridized carbons (Fsp3) is 0.568. The summed E-state index contributed by atoms with van der Waals surface area (Å²) >= 11 is 0. The number of alkyl carbamates (subject to hydrolysis) is 1. The number of aryl methyl sites for hydroxylation is 1. The van der Waals surface area contributed by atoms with E-state index in [-0.39, 0.29) is 43.2 Å². The highest BCUT2D eigenvalue weighted by molar-refractivity contribution is 6.04. The molecule has 2 fully saturated rings. The molecule has 1 aliphatic carbocycles. The van der Waals surface area contributed by atoms with Gasteiger partial charge in [0.25, 0.3) is 0 Å². The number of amides is 3. The zero-order chi connectivity index (χ0) is 43.6. The molecule has 1 N–H and O–H groups in total. The summed E-state index contributed by atoms with van der Waals surface area (Å²) in [7, 11) is 2.76. The molecule has 0 bridgehead atoms. The van der Waals surface area contributed by atoms with E-state index in [1.54, 1.807) is 66.0 Å². The molecule has 0 spiro atoms. The number of hydrogen-bond donors (Lipinski definition) is 1. The maximum absolute atomic E-state index is 13.8. The van der Waals surface area contributed by atoms with Gasteiger partial charge in [0.2, 0.25) is 11.7 Å². The summed E-state index contributed by atoms with van der Waals surface area (Å²) in [5.74, 6) is -2.50. The van der Waals surface area contributed by atoms with Crippen molar-refractivity contribution >= 4 is 41.6 Å². The molecule has 6 atom stereocenters. The first kappa shape index (κ1) is 44.1. The molecule has 2 saturated heterocycles. The van der Waals surface area contributed by atoms with Gasteiger partial charge in [0.1, 0.15) is 36.1 Å². The quantitative estimate of drug-likeness (QED) is 0.180. The Bertz CT molecular complexity index is 2040. The van der Waals surface area contributed by atoms with Crippen molar-refractivity contribution in [3.05, 3.63) is 52.6 Å². The van der Waals surface area contributed by atoms with Crippen LogP contribution in [0.25, 0.3) is 11.1 Å². The summed E-state index contributed by atoms with van der Waals surface area (Å²) in [6.45, 7) is 10.8. The molecule has 5 unspecified atom stereocenters. The normalized spacial score (nSPS) is 22.5. The molecule has 324 valence electrons. The van der Waals surface area contributed by atoms with Crippen molar-refractivity contribution < 1.29 is 62.0 Å². The van der Waals surface area contributed by atoms with Crippen LogP contribution in [-0.2, 0) is 51.1 Å². The standard InChI is InChI=1S/C44H55N3O13/c1-23(2)37(45-42(53)56-8)39(50)47-24(3)9-13-32(47)41(52)59-35-14-11-26-17-31-29-12-10-27(16-28(29)21-57-36(31)18-30(26)38(35)49)34(48)22-58-40(51)33-15-25(20-55-7)19-46(33)43(54)60-44(4,5)6/h10,12,16-18,23-25,32-33,35,37H,9,11,13-15,19-22H2,1-8H3,(H,45,53)/t24?,25?,32?,33-,35?,37?/m0/s1. The van der Waals surface area contributed by atoms with Crippen molar-refractivity contribution in [2.75, 3.05) is 34.0 Å². The fourth-order valence-corrected chi connectivity index (χ4v) is 8.41. The molecule has 0 saturated carbocycles. The molecule has 16 heteroatoms. The summed E-state index contributed by atoms with van der Waals surface area (Å²) in [5.41, 5.74) is 2.98. The molecule has 0 aromatic heterocycles. The van der Waals surface area contributed by atoms with Crippen LogP contribution in [-0.4, -0.2) is 121 Å². The van der Waals surface area contributed by atoms with E-state index in [1.165, 1.54) is 16.9 Å². The van der Waals surface area contributed by atoms with Gasteiger partial charge in [-0.3, -0.25) is 19.3 Å². The van der Waals surface area contributed by atoms with Crippen molar-refractivity contribution in [3.63, 3.8) is 0 Å². The van der Waals surface area contributed by atoms with Gasteiger partial charge < -0.3 is 38.6 Å². The molecule has 16 nitrogen and oxygen atoms in total. The Morgan fingerprint density at radius 1 is 0.917 bits per heavy atom. The third kappa shape index (κ3) is 9.43. The van der Waals surface area contributed by atoms with Gasteiger partial charge in [-0.15, -0.1) is 0 Å². The van der Waals surface area contributed by atoms with Crippen LogP contribution in [0.4, 0.5) is 9.59 Å². The number of esters is 2. The number of hydrogen-bond acceptors (Lipinski definition) is 13. The van der Waals surface area contributed by atoms with Crippen LogP contribution in [0.15, 0.2) is 30.3 Å². The largest absolute Gasteiger partial charge is 0.488 e. The number of nitrogens with one attached hydrogen (secondary N) is 1. The number of rotatable bonds is 11. The second kappa shape index (κ2) is 18.0. The minimum Gasteiger partial charge on any atom is -0.488 e. The van der Waals surface area contributed by atoms with E-state index in [0.29, 0.717) is 49.2 Å². The molecule has 0 radical (unpaired) electrons. The van der Waals surface area contributed by atoms with E-state index in [9.17, 15) is 33.6 Å². The predicted octanol–water partition coefficient (Wildman–Crippen LogP) is 5.04. The lowest BCUT2D eigenvalue weighted by atomic mass is 9.84. The van der Waals surface area contributed by atoms with Crippen molar-refractivity contribution in [3.8, 4) is 16.9 Å². The Hall–Kier alpha value is -5.51. The molecule has 6 rings (SSSR count). The Balaban J connectivity index is 1.10. The molecule has 3 heterocycles. The number of ether oxygens (including phenoxy) is 6. The second-order valence-corrected chi connectivity index (χ2v) is 17.3. The van der Waals surface area contributed by atoms with Crippen LogP contribution in [0.5, 0.6) is 5.75 Å². The lowest BCUT2D eigenvalue weighted by molar-refractivity contribution is -0.158. The summed E-state index contributed by atoms with van der Waals surface area (Å²) in [6.07, 6.45) is -0.538. The molecule has 3 aliphatic heterocycles. The van der Waals surface area contributed by atoms with E-state index in [4.69, 9.17) is 28.4 Å². The summed E-state index contributed by atoms with van der Waals surface area (Å²) in [4.78, 5) is 95.3. The van der Waals surface area contributed by atoms with E-state index in [2.05, 4.69) is 5.32 Å². The van der Waals surface area contributed by atoms with Crippen molar-refractivity contribution in [1.82, 2.24) is 15.1 Å². The summed E-state index contributed by atoms with van der Waals surface area (Å²) in [5, 5.41) is 2.57. The number of ketones is 2. The number of fused-ring (bicyclic) bond motifs is 4. The minimum atomic E-state index is -1.05. The summed E-state index contributed by atoms with van der Waals surface area (Å²) in [6, 6.07) is 5.65. The SMILES string of the molecule is COCC1C[C@@H](C(=O)OCC(=O)c2ccc3c(c2)COc2cc4c(cc2-3)CCC(OC(=O)C2CCC(C)N2C(=O)C(NC(=O)OC)C(C)C)C4=O)N(C(=O)OC(C)(C)C)C1. The number of benzene rings is 2. The minimum absolute atomic E-state index is 0.0968. The number of likely N-dealkylation sites (tertiary alicyclic amines) is 2. The van der Waals surface area contributed by atoms with Crippen LogP contribution in [0.2, 0.25) is 0 Å². The molecule has 3 amide bonds. The average molecular weight is 834 g/mol. The number of nitrogens with zero attached hydrogens (tertiary/aromatic N) is 2. The van der Waals surface area contributed by atoms with E-state index >= 15 is 0 Å². The maximum Gasteiger partial charge on any atom is 0.411 e. The smallest absolute Gasteiger partial charge is 0.411 e. The fourth-order valence-electron chi connectivity index (χ4n) is 8.41. The van der Waals surface area contributed by atoms with Crippen LogP contribution in [0.1, 0.15) is 99.1 Å². The van der Waals surface area contributed by atoms with Crippen molar-refractivity contribution in [2.24, 2.45) is 11.8 Å². The Morgan fingerprint density at radius 2 is 1.67 bits per heavy atom. The van der Waals surface area contributed by atoms with Gasteiger partial charge >= 0.3 is 24.1 Å². The van der Waals surface area contributed by atoms with Gasteiger partial charge in [-0.1, -0.05) is 26.0 Å². The van der Waals surface area contributed by atoms with Crippen LogP contribution < -0.4 is 10.1 Å². The Labute approximate surface area is 349 Å². The van der Waals surface area contributed by atoms with Crippen LogP contribution in [0.3, 0.4) is 0 Å². The number of Topliss-reactive ketones (excluding diaryl/α,β-unsaturated/α-hetero) is 2. The second-order valence-electron chi connectivity index (χ2n) is 17.3. The third-order valence-electron chi connectivity index (χ3n) is 11.4. The van der Waals surface area contributed by atoms with Crippen LogP contribution >= 0.6 is 0 Å². The first-order chi connectivity index (χ1) is 28.4. The molecule has 60 heavy (non-hydrogen) atoms. The number of carbonyl (C=O) groups excluding carboxylic acids is 7. The topological polar surface area (TPSA) is 193 Å². The molecule has 4 aliphatic rings. The average Bonchev–Trinajstić information content (AvgIpc) is 3.82. The highest BCUT2D eigenvalue weighted by atomic mass is 16.6. The molecular formula is C44H55N3O13. The van der Waals surface area contributed by atoms with Crippen molar-refractivity contribution in [1.29, 1.82) is 0 Å². The van der Waals surface area contributed by atoms with Gasteiger partial charge in [-0.25, -0.2) is 19.2 Å². The molecule has 2 aromatic rings. The van der Waals surface area contributed by atoms with Crippen molar-refractivity contribution in [2.45, 2.75) is 116 Å². The monoisotopic (exact) mass is 833 g/mol. The van der Waals surface area contributed by atoms with E-state index in [0.717, 1.165) is 22.3 Å². The van der Waals surface area contributed by atoms with Gasteiger partial charge in [0.15, 0.2) is 18.5 Å². The maximum atomic E-state index is 13.8. The third-order valence-corrected chi connectivity index (χ3v) is 11.4. The highest BCUT2D eigenvalue weighted by Crippen LogP contribution is 2.42. The van der Waals surface area contributed by atoms with Gasteiger partial charge in [0, 0.05) is 42.3 Å². The first-order valence-corrected chi connectivity index (χ1v) is 20.4.